The number of nitrogens with zero attached hydrogens (tertiary/aromatic N) is 2. The first kappa shape index (κ1) is 34.4. The summed E-state index contributed by atoms with van der Waals surface area (Å²) in [6.07, 6.45) is -0.506. The number of thioether (sulfide) groups is 2. The van der Waals surface area contributed by atoms with Crippen LogP contribution in [-0.2, 0) is 44.8 Å². The Labute approximate surface area is 290 Å². The van der Waals surface area contributed by atoms with Crippen molar-refractivity contribution in [1.82, 2.24) is 20.4 Å². The quantitative estimate of drug-likeness (QED) is 0.186. The predicted molar refractivity (Wildman–Crippen MR) is 176 cm³/mol. The van der Waals surface area contributed by atoms with E-state index in [0.29, 0.717) is 12.0 Å². The molecule has 4 amide bonds. The largest absolute Gasteiger partial charge is 0.508 e. The molecule has 4 fully saturated rings. The van der Waals surface area contributed by atoms with Gasteiger partial charge in [0.2, 0.25) is 24.5 Å². The van der Waals surface area contributed by atoms with E-state index in [4.69, 9.17) is 14.2 Å². The number of rotatable bonds is 10. The average Bonchev–Trinajstić information content (AvgIpc) is 3.44. The maximum Gasteiger partial charge on any atom is 0.408 e. The van der Waals surface area contributed by atoms with E-state index in [1.807, 2.05) is 19.9 Å². The fraction of sp³-hybridized carbons (Fsp3) is 0.455. The van der Waals surface area contributed by atoms with Crippen LogP contribution in [-0.4, -0.2) is 95.8 Å². The third-order valence-corrected chi connectivity index (χ3v) is 11.9. The summed E-state index contributed by atoms with van der Waals surface area (Å²) in [5, 5.41) is 14.3. The number of β-lactam (4-membered cyclic amide) rings is 2. The molecule has 4 aliphatic rings. The number of hydrogen-bond acceptors (Lipinski definition) is 12. The van der Waals surface area contributed by atoms with E-state index in [-0.39, 0.29) is 23.6 Å². The van der Waals surface area contributed by atoms with Crippen LogP contribution < -0.4 is 10.6 Å². The number of amides is 4. The Bertz CT molecular complexity index is 1670. The maximum atomic E-state index is 13.6. The van der Waals surface area contributed by atoms with E-state index in [1.54, 1.807) is 38.1 Å². The van der Waals surface area contributed by atoms with Crippen molar-refractivity contribution in [3.63, 3.8) is 0 Å². The van der Waals surface area contributed by atoms with Gasteiger partial charge in [-0.25, -0.2) is 14.4 Å². The highest BCUT2D eigenvalue weighted by molar-refractivity contribution is 8.02. The van der Waals surface area contributed by atoms with Crippen LogP contribution in [0.5, 0.6) is 5.75 Å². The van der Waals surface area contributed by atoms with Gasteiger partial charge in [-0.3, -0.25) is 14.4 Å². The third-order valence-electron chi connectivity index (χ3n) is 8.88. The molecule has 16 heteroatoms. The third kappa shape index (κ3) is 6.63. The van der Waals surface area contributed by atoms with Crippen molar-refractivity contribution in [2.45, 2.75) is 85.1 Å². The molecule has 0 spiro atoms. The summed E-state index contributed by atoms with van der Waals surface area (Å²) in [7, 11) is 0. The summed E-state index contributed by atoms with van der Waals surface area (Å²) in [6, 6.07) is 10.5. The van der Waals surface area contributed by atoms with Gasteiger partial charge in [-0.15, -0.1) is 23.5 Å². The van der Waals surface area contributed by atoms with Gasteiger partial charge in [0.1, 0.15) is 41.9 Å². The fourth-order valence-corrected chi connectivity index (χ4v) is 9.71. The first-order chi connectivity index (χ1) is 23.2. The summed E-state index contributed by atoms with van der Waals surface area (Å²) in [5.41, 5.74) is 1.08. The average molecular weight is 713 g/mol. The Balaban J connectivity index is 1.07. The fourth-order valence-electron chi connectivity index (χ4n) is 6.47. The Morgan fingerprint density at radius 3 is 2.12 bits per heavy atom. The highest BCUT2D eigenvalue weighted by atomic mass is 32.2. The SMILES string of the molecule is CC1(C)S[C@@H]2[C@H](NC(=O)C(NC(=O)OCc3ccccc3)c3ccc(O)cc3)C(=O)N2[C@H]1C(=O)OCOC(=O)[C@@H]1N2C(=O)C[C@H]2SC1(C)C. The number of carbonyl (C=O) groups excluding carboxylic acids is 6. The number of benzene rings is 2. The van der Waals surface area contributed by atoms with E-state index in [9.17, 15) is 33.9 Å². The summed E-state index contributed by atoms with van der Waals surface area (Å²) in [6.45, 7) is 6.50. The Morgan fingerprint density at radius 1 is 0.878 bits per heavy atom. The van der Waals surface area contributed by atoms with E-state index in [2.05, 4.69) is 10.6 Å². The van der Waals surface area contributed by atoms with E-state index >= 15 is 0 Å². The molecule has 0 radical (unpaired) electrons. The summed E-state index contributed by atoms with van der Waals surface area (Å²) in [4.78, 5) is 80.9. The van der Waals surface area contributed by atoms with Crippen LogP contribution in [0.2, 0.25) is 0 Å². The molecule has 0 saturated carbocycles. The monoisotopic (exact) mass is 712 g/mol. The maximum absolute atomic E-state index is 13.6. The molecule has 0 aliphatic carbocycles. The molecule has 3 N–H and O–H groups in total. The molecule has 2 aromatic rings. The minimum Gasteiger partial charge on any atom is -0.508 e. The predicted octanol–water partition coefficient (Wildman–Crippen LogP) is 2.40. The number of hydrogen-bond donors (Lipinski definition) is 3. The van der Waals surface area contributed by atoms with Crippen LogP contribution in [0.4, 0.5) is 4.79 Å². The summed E-state index contributed by atoms with van der Waals surface area (Å²) < 4.78 is 14.5. The van der Waals surface area contributed by atoms with Crippen molar-refractivity contribution >= 4 is 59.3 Å². The molecule has 260 valence electrons. The standard InChI is InChI=1S/C33H36N4O10S2/c1-32(2)24(36-20(39)14-21(36)48-32)29(42)46-16-47-30(43)25-33(3,4)49-28-23(27(41)37(25)28)34-26(40)22(18-10-12-19(38)13-11-18)35-31(44)45-15-17-8-6-5-7-9-17/h5-13,21-25,28,38H,14-16H2,1-4H3,(H,34,40)(H,35,44)/t21-,22?,23-,24+,25+,28-/m1/s1. The van der Waals surface area contributed by atoms with Crippen molar-refractivity contribution in [2.75, 3.05) is 6.79 Å². The van der Waals surface area contributed by atoms with Gasteiger partial charge in [-0.2, -0.15) is 0 Å². The lowest BCUT2D eigenvalue weighted by Crippen LogP contribution is -2.71. The van der Waals surface area contributed by atoms with Crippen LogP contribution in [0.15, 0.2) is 54.6 Å². The van der Waals surface area contributed by atoms with Crippen molar-refractivity contribution < 1.29 is 48.1 Å². The minimum atomic E-state index is -1.27. The summed E-state index contributed by atoms with van der Waals surface area (Å²) >= 11 is 2.81. The highest BCUT2D eigenvalue weighted by Crippen LogP contribution is 2.52. The van der Waals surface area contributed by atoms with Crippen molar-refractivity contribution in [3.05, 3.63) is 65.7 Å². The van der Waals surface area contributed by atoms with Crippen molar-refractivity contribution in [2.24, 2.45) is 0 Å². The molecular formula is C33H36N4O10S2. The zero-order valence-electron chi connectivity index (χ0n) is 27.1. The second-order valence-electron chi connectivity index (χ2n) is 13.1. The molecule has 49 heavy (non-hydrogen) atoms. The number of nitrogens with one attached hydrogen (secondary N) is 2. The topological polar surface area (TPSA) is 181 Å². The van der Waals surface area contributed by atoms with Crippen molar-refractivity contribution in [3.8, 4) is 5.75 Å². The lowest BCUT2D eigenvalue weighted by molar-refractivity contribution is -0.181. The number of esters is 2. The lowest BCUT2D eigenvalue weighted by Gasteiger charge is -2.44. The second-order valence-corrected chi connectivity index (χ2v) is 16.7. The molecule has 0 bridgehead atoms. The van der Waals surface area contributed by atoms with Gasteiger partial charge in [0, 0.05) is 9.49 Å². The van der Waals surface area contributed by atoms with Crippen LogP contribution in [0.1, 0.15) is 51.3 Å². The van der Waals surface area contributed by atoms with E-state index in [1.165, 1.54) is 57.6 Å². The highest BCUT2D eigenvalue weighted by Gasteiger charge is 2.65. The van der Waals surface area contributed by atoms with Gasteiger partial charge < -0.3 is 39.8 Å². The molecule has 1 unspecified atom stereocenters. The number of phenols is 1. The Kier molecular flexibility index (Phi) is 9.21. The zero-order valence-corrected chi connectivity index (χ0v) is 28.7. The van der Waals surface area contributed by atoms with Crippen LogP contribution >= 0.6 is 23.5 Å². The lowest BCUT2D eigenvalue weighted by atomic mass is 9.95. The van der Waals surface area contributed by atoms with Gasteiger partial charge in [0.15, 0.2) is 0 Å². The normalized spacial score (nSPS) is 26.3. The number of alkyl carbamates (subject to hydrolysis) is 1. The molecule has 14 nitrogen and oxygen atoms in total. The first-order valence-corrected chi connectivity index (χ1v) is 17.3. The van der Waals surface area contributed by atoms with Crippen molar-refractivity contribution in [1.29, 1.82) is 0 Å². The molecular weight excluding hydrogens is 677 g/mol. The minimum absolute atomic E-state index is 0.0344. The van der Waals surface area contributed by atoms with Gasteiger partial charge in [0.25, 0.3) is 0 Å². The molecule has 4 aliphatic heterocycles. The summed E-state index contributed by atoms with van der Waals surface area (Å²) in [5.74, 6) is -2.87. The second kappa shape index (κ2) is 13.1. The molecule has 6 rings (SSSR count). The van der Waals surface area contributed by atoms with Crippen LogP contribution in [0, 0.1) is 0 Å². The number of carbonyl (C=O) groups is 6. The zero-order chi connectivity index (χ0) is 35.2. The van der Waals surface area contributed by atoms with E-state index in [0.717, 1.165) is 5.56 Å². The molecule has 2 aromatic carbocycles. The van der Waals surface area contributed by atoms with Crippen LogP contribution in [0.3, 0.4) is 0 Å². The van der Waals surface area contributed by atoms with Crippen LogP contribution in [0.25, 0.3) is 0 Å². The molecule has 4 heterocycles. The number of ether oxygens (including phenoxy) is 3. The van der Waals surface area contributed by atoms with Gasteiger partial charge in [0.05, 0.1) is 11.8 Å². The van der Waals surface area contributed by atoms with E-state index < -0.39 is 75.7 Å². The van der Waals surface area contributed by atoms with Gasteiger partial charge in [-0.05, 0) is 51.0 Å². The Morgan fingerprint density at radius 2 is 1.49 bits per heavy atom. The molecule has 6 atom stereocenters. The Hall–Kier alpha value is -4.44. The van der Waals surface area contributed by atoms with Gasteiger partial charge >= 0.3 is 18.0 Å². The number of aromatic hydroxyl groups is 1. The number of fused-ring (bicyclic) bond motifs is 2. The molecule has 0 aromatic heterocycles. The molecule has 4 saturated heterocycles. The van der Waals surface area contributed by atoms with Gasteiger partial charge in [-0.1, -0.05) is 42.5 Å². The smallest absolute Gasteiger partial charge is 0.408 e. The number of phenolic OH excluding ortho intramolecular Hbond substituents is 1. The first-order valence-electron chi connectivity index (χ1n) is 15.6.